The Kier molecular flexibility index (Phi) is 4.34. The number of fused-ring (bicyclic) bond motifs is 1. The van der Waals surface area contributed by atoms with Gasteiger partial charge in [0, 0.05) is 40.1 Å². The van der Waals surface area contributed by atoms with E-state index in [-0.39, 0.29) is 16.9 Å². The van der Waals surface area contributed by atoms with Crippen molar-refractivity contribution in [2.24, 2.45) is 0 Å². The van der Waals surface area contributed by atoms with Gasteiger partial charge < -0.3 is 5.32 Å². The summed E-state index contributed by atoms with van der Waals surface area (Å²) < 4.78 is 13.3. The lowest BCUT2D eigenvalue weighted by Gasteiger charge is -2.28. The standard InChI is InChI=1S/C13H18N4O2S2/c1-2-21(19)10-5-3-4-9(8-10)15-12-16-17-11(18)6-7-14-13(17)20-12/h6-7,9-10H,2-5,8H2,1H3,(H,15,16). The summed E-state index contributed by atoms with van der Waals surface area (Å²) in [6.07, 6.45) is 5.58. The fourth-order valence-corrected chi connectivity index (χ4v) is 4.93. The first-order chi connectivity index (χ1) is 10.2. The minimum atomic E-state index is -0.735. The van der Waals surface area contributed by atoms with Gasteiger partial charge in [0.25, 0.3) is 5.56 Å². The molecule has 0 aromatic carbocycles. The Labute approximate surface area is 129 Å². The highest BCUT2D eigenvalue weighted by atomic mass is 32.2. The van der Waals surface area contributed by atoms with Crippen LogP contribution in [-0.2, 0) is 10.8 Å². The van der Waals surface area contributed by atoms with Crippen LogP contribution in [0.4, 0.5) is 5.13 Å². The van der Waals surface area contributed by atoms with E-state index in [2.05, 4.69) is 15.4 Å². The predicted molar refractivity (Wildman–Crippen MR) is 85.5 cm³/mol. The number of rotatable bonds is 4. The molecule has 2 aromatic heterocycles. The van der Waals surface area contributed by atoms with E-state index < -0.39 is 10.8 Å². The molecule has 0 bridgehead atoms. The first-order valence-electron chi connectivity index (χ1n) is 7.16. The van der Waals surface area contributed by atoms with Crippen LogP contribution in [0.2, 0.25) is 0 Å². The van der Waals surface area contributed by atoms with Gasteiger partial charge >= 0.3 is 0 Å². The van der Waals surface area contributed by atoms with Crippen LogP contribution in [-0.4, -0.2) is 35.9 Å². The van der Waals surface area contributed by atoms with Gasteiger partial charge in [-0.05, 0) is 19.3 Å². The highest BCUT2D eigenvalue weighted by Gasteiger charge is 2.26. The Morgan fingerprint density at radius 2 is 2.38 bits per heavy atom. The van der Waals surface area contributed by atoms with E-state index in [1.807, 2.05) is 6.92 Å². The zero-order valence-corrected chi connectivity index (χ0v) is 13.5. The summed E-state index contributed by atoms with van der Waals surface area (Å²) in [4.78, 5) is 16.4. The molecule has 3 atom stereocenters. The number of anilines is 1. The molecule has 1 saturated carbocycles. The maximum absolute atomic E-state index is 12.0. The highest BCUT2D eigenvalue weighted by molar-refractivity contribution is 7.85. The van der Waals surface area contributed by atoms with Crippen molar-refractivity contribution >= 4 is 32.2 Å². The molecule has 3 rings (SSSR count). The van der Waals surface area contributed by atoms with Crippen molar-refractivity contribution in [2.75, 3.05) is 11.1 Å². The van der Waals surface area contributed by atoms with E-state index in [1.165, 1.54) is 28.1 Å². The van der Waals surface area contributed by atoms with Crippen LogP contribution in [0.5, 0.6) is 0 Å². The van der Waals surface area contributed by atoms with Crippen molar-refractivity contribution in [3.05, 3.63) is 22.6 Å². The van der Waals surface area contributed by atoms with Crippen molar-refractivity contribution in [3.8, 4) is 0 Å². The van der Waals surface area contributed by atoms with Crippen LogP contribution in [0.1, 0.15) is 32.6 Å². The van der Waals surface area contributed by atoms with Crippen LogP contribution in [0.15, 0.2) is 17.1 Å². The zero-order chi connectivity index (χ0) is 14.8. The minimum absolute atomic E-state index is 0.169. The van der Waals surface area contributed by atoms with Crippen LogP contribution < -0.4 is 10.9 Å². The number of nitrogens with one attached hydrogen (secondary N) is 1. The van der Waals surface area contributed by atoms with E-state index in [1.54, 1.807) is 0 Å². The van der Waals surface area contributed by atoms with Gasteiger partial charge in [-0.3, -0.25) is 9.00 Å². The molecule has 3 unspecified atom stereocenters. The molecule has 0 radical (unpaired) electrons. The Hall–Kier alpha value is -1.28. The summed E-state index contributed by atoms with van der Waals surface area (Å²) >= 11 is 1.37. The maximum Gasteiger partial charge on any atom is 0.275 e. The Morgan fingerprint density at radius 1 is 1.52 bits per heavy atom. The maximum atomic E-state index is 12.0. The van der Waals surface area contributed by atoms with Gasteiger partial charge in [0.1, 0.15) is 0 Å². The highest BCUT2D eigenvalue weighted by Crippen LogP contribution is 2.27. The average molecular weight is 326 g/mol. The summed E-state index contributed by atoms with van der Waals surface area (Å²) in [5, 5.41) is 8.63. The van der Waals surface area contributed by atoms with E-state index in [4.69, 9.17) is 0 Å². The summed E-state index contributed by atoms with van der Waals surface area (Å²) in [6, 6.07) is 1.67. The quantitative estimate of drug-likeness (QED) is 0.924. The Balaban J connectivity index is 1.74. The Morgan fingerprint density at radius 3 is 3.14 bits per heavy atom. The lowest BCUT2D eigenvalue weighted by molar-refractivity contribution is 0.464. The topological polar surface area (TPSA) is 76.4 Å². The zero-order valence-electron chi connectivity index (χ0n) is 11.8. The summed E-state index contributed by atoms with van der Waals surface area (Å²) in [7, 11) is -0.735. The second kappa shape index (κ2) is 6.23. The summed E-state index contributed by atoms with van der Waals surface area (Å²) in [5.74, 6) is 0.720. The monoisotopic (exact) mass is 326 g/mol. The summed E-state index contributed by atoms with van der Waals surface area (Å²) in [5.41, 5.74) is -0.169. The molecule has 114 valence electrons. The minimum Gasteiger partial charge on any atom is -0.357 e. The predicted octanol–water partition coefficient (Wildman–Crippen LogP) is 1.64. The van der Waals surface area contributed by atoms with E-state index >= 15 is 0 Å². The molecule has 21 heavy (non-hydrogen) atoms. The lowest BCUT2D eigenvalue weighted by Crippen LogP contribution is -2.33. The molecular weight excluding hydrogens is 308 g/mol. The van der Waals surface area contributed by atoms with Crippen molar-refractivity contribution in [3.63, 3.8) is 0 Å². The second-order valence-electron chi connectivity index (χ2n) is 5.18. The molecule has 1 fully saturated rings. The number of hydrogen-bond donors (Lipinski definition) is 1. The largest absolute Gasteiger partial charge is 0.357 e. The third kappa shape index (κ3) is 3.16. The lowest BCUT2D eigenvalue weighted by atomic mass is 9.95. The fourth-order valence-electron chi connectivity index (χ4n) is 2.73. The molecule has 8 heteroatoms. The fraction of sp³-hybridized carbons (Fsp3) is 0.615. The van der Waals surface area contributed by atoms with Crippen LogP contribution in [0, 0.1) is 0 Å². The normalized spacial score (nSPS) is 24.0. The van der Waals surface area contributed by atoms with Gasteiger partial charge in [0.05, 0.1) is 0 Å². The molecule has 1 aliphatic rings. The van der Waals surface area contributed by atoms with Gasteiger partial charge in [-0.1, -0.05) is 24.7 Å². The van der Waals surface area contributed by atoms with E-state index in [0.29, 0.717) is 10.1 Å². The first-order valence-corrected chi connectivity index (χ1v) is 9.36. The van der Waals surface area contributed by atoms with Crippen LogP contribution >= 0.6 is 11.3 Å². The molecule has 6 nitrogen and oxygen atoms in total. The number of nitrogens with zero attached hydrogens (tertiary/aromatic N) is 3. The molecule has 2 heterocycles. The first kappa shape index (κ1) is 14.6. The van der Waals surface area contributed by atoms with Crippen LogP contribution in [0.25, 0.3) is 4.96 Å². The number of aromatic nitrogens is 3. The molecule has 2 aromatic rings. The third-order valence-electron chi connectivity index (χ3n) is 3.78. The van der Waals surface area contributed by atoms with E-state index in [9.17, 15) is 9.00 Å². The number of hydrogen-bond acceptors (Lipinski definition) is 6. The summed E-state index contributed by atoms with van der Waals surface area (Å²) in [6.45, 7) is 1.97. The molecule has 0 amide bonds. The molecule has 1 aliphatic carbocycles. The van der Waals surface area contributed by atoms with Gasteiger partial charge in [-0.15, -0.1) is 5.10 Å². The molecule has 1 N–H and O–H groups in total. The SMILES string of the molecule is CCS(=O)C1CCCC(Nc2nn3c(=O)ccnc3s2)C1. The van der Waals surface area contributed by atoms with Gasteiger partial charge in [0.2, 0.25) is 10.1 Å². The van der Waals surface area contributed by atoms with Crippen molar-refractivity contribution in [2.45, 2.75) is 43.9 Å². The average Bonchev–Trinajstić information content (AvgIpc) is 2.90. The molecule has 0 spiro atoms. The van der Waals surface area contributed by atoms with Gasteiger partial charge in [0.15, 0.2) is 0 Å². The van der Waals surface area contributed by atoms with Gasteiger partial charge in [-0.2, -0.15) is 4.52 Å². The second-order valence-corrected chi connectivity index (χ2v) is 8.15. The van der Waals surface area contributed by atoms with Crippen LogP contribution in [0.3, 0.4) is 0 Å². The molecule has 0 saturated heterocycles. The molecule has 0 aliphatic heterocycles. The van der Waals surface area contributed by atoms with Crippen molar-refractivity contribution < 1.29 is 4.21 Å². The third-order valence-corrected chi connectivity index (χ3v) is 6.38. The van der Waals surface area contributed by atoms with Crippen molar-refractivity contribution in [1.29, 1.82) is 0 Å². The molecular formula is C13H18N4O2S2. The van der Waals surface area contributed by atoms with Gasteiger partial charge in [-0.25, -0.2) is 4.98 Å². The Bertz CT molecular complexity index is 712. The van der Waals surface area contributed by atoms with Crippen molar-refractivity contribution in [1.82, 2.24) is 14.6 Å². The van der Waals surface area contributed by atoms with E-state index in [0.717, 1.165) is 31.4 Å². The smallest absolute Gasteiger partial charge is 0.275 e.